The van der Waals surface area contributed by atoms with Crippen LogP contribution in [0.4, 0.5) is 0 Å². The molecule has 0 aliphatic heterocycles. The summed E-state index contributed by atoms with van der Waals surface area (Å²) < 4.78 is 8.31. The molecule has 1 aliphatic rings. The molecular weight excluding hydrogens is 356 g/mol. The summed E-state index contributed by atoms with van der Waals surface area (Å²) in [6, 6.07) is 8.42. The van der Waals surface area contributed by atoms with Gasteiger partial charge in [-0.3, -0.25) is 4.68 Å². The van der Waals surface area contributed by atoms with E-state index in [-0.39, 0.29) is 5.41 Å². The SMILES string of the molecule is Cn1cc(-c2nc([C@@](C)(c3ccc(Br)cc3)C3CC3)no2)cn1. The number of aryl methyl sites for hydroxylation is 1. The van der Waals surface area contributed by atoms with Gasteiger partial charge in [0.05, 0.1) is 17.2 Å². The zero-order chi connectivity index (χ0) is 16.0. The fraction of sp³-hybridized carbons (Fsp3) is 0.353. The van der Waals surface area contributed by atoms with Crippen molar-refractivity contribution in [3.05, 3.63) is 52.5 Å². The summed E-state index contributed by atoms with van der Waals surface area (Å²) in [7, 11) is 1.87. The topological polar surface area (TPSA) is 56.7 Å². The Kier molecular flexibility index (Phi) is 3.37. The molecule has 118 valence electrons. The average Bonchev–Trinajstić information content (AvgIpc) is 3.12. The maximum absolute atomic E-state index is 5.51. The molecule has 2 aromatic heterocycles. The van der Waals surface area contributed by atoms with E-state index in [0.717, 1.165) is 15.9 Å². The van der Waals surface area contributed by atoms with Crippen molar-refractivity contribution in [2.24, 2.45) is 13.0 Å². The number of hydrogen-bond acceptors (Lipinski definition) is 4. The molecule has 2 heterocycles. The second kappa shape index (κ2) is 5.30. The number of nitrogens with zero attached hydrogens (tertiary/aromatic N) is 4. The molecule has 1 aromatic carbocycles. The lowest BCUT2D eigenvalue weighted by molar-refractivity contribution is 0.386. The van der Waals surface area contributed by atoms with Crippen LogP contribution in [-0.4, -0.2) is 19.9 Å². The van der Waals surface area contributed by atoms with E-state index in [1.165, 1.54) is 18.4 Å². The van der Waals surface area contributed by atoms with Crippen molar-refractivity contribution in [2.75, 3.05) is 0 Å². The maximum atomic E-state index is 5.51. The zero-order valence-electron chi connectivity index (χ0n) is 13.0. The van der Waals surface area contributed by atoms with Gasteiger partial charge in [0.2, 0.25) is 0 Å². The molecule has 0 bridgehead atoms. The molecule has 3 aromatic rings. The molecule has 1 fully saturated rings. The van der Waals surface area contributed by atoms with Gasteiger partial charge < -0.3 is 4.52 Å². The highest BCUT2D eigenvalue weighted by Crippen LogP contribution is 2.50. The standard InChI is InChI=1S/C17H17BrN4O/c1-17(12-3-4-12,13-5-7-14(18)8-6-13)16-20-15(23-21-16)11-9-19-22(2)10-11/h5-10,12H,3-4H2,1-2H3/t17-/m1/s1. The average molecular weight is 373 g/mol. The Morgan fingerprint density at radius 3 is 2.61 bits per heavy atom. The van der Waals surface area contributed by atoms with Gasteiger partial charge in [0.1, 0.15) is 0 Å². The van der Waals surface area contributed by atoms with Crippen LogP contribution in [0.15, 0.2) is 45.7 Å². The van der Waals surface area contributed by atoms with E-state index in [1.54, 1.807) is 10.9 Å². The Labute approximate surface area is 142 Å². The van der Waals surface area contributed by atoms with E-state index in [1.807, 2.05) is 13.2 Å². The van der Waals surface area contributed by atoms with Crippen molar-refractivity contribution in [1.82, 2.24) is 19.9 Å². The molecule has 1 saturated carbocycles. The fourth-order valence-corrected chi connectivity index (χ4v) is 3.35. The first kappa shape index (κ1) is 14.6. The fourth-order valence-electron chi connectivity index (χ4n) is 3.09. The van der Waals surface area contributed by atoms with Gasteiger partial charge in [0, 0.05) is 17.7 Å². The summed E-state index contributed by atoms with van der Waals surface area (Å²) in [5, 5.41) is 8.46. The molecule has 5 nitrogen and oxygen atoms in total. The smallest absolute Gasteiger partial charge is 0.261 e. The monoisotopic (exact) mass is 372 g/mol. The van der Waals surface area contributed by atoms with Crippen molar-refractivity contribution in [2.45, 2.75) is 25.2 Å². The zero-order valence-corrected chi connectivity index (χ0v) is 14.6. The summed E-state index contributed by atoms with van der Waals surface area (Å²) in [4.78, 5) is 4.68. The number of halogens is 1. The molecule has 1 atom stereocenters. The second-order valence-corrected chi connectivity index (χ2v) is 7.23. The van der Waals surface area contributed by atoms with Crippen molar-refractivity contribution in [3.8, 4) is 11.5 Å². The lowest BCUT2D eigenvalue weighted by Crippen LogP contribution is -2.27. The molecule has 0 N–H and O–H groups in total. The van der Waals surface area contributed by atoms with Gasteiger partial charge >= 0.3 is 0 Å². The highest BCUT2D eigenvalue weighted by Gasteiger charge is 2.47. The van der Waals surface area contributed by atoms with Gasteiger partial charge in [0.15, 0.2) is 5.82 Å². The highest BCUT2D eigenvalue weighted by atomic mass is 79.9. The Bertz CT molecular complexity index is 834. The minimum absolute atomic E-state index is 0.218. The molecule has 0 saturated heterocycles. The third kappa shape index (κ3) is 2.51. The van der Waals surface area contributed by atoms with Gasteiger partial charge in [0.25, 0.3) is 5.89 Å². The molecule has 0 amide bonds. The summed E-state index contributed by atoms with van der Waals surface area (Å²) in [6.45, 7) is 2.21. The lowest BCUT2D eigenvalue weighted by Gasteiger charge is -2.26. The Hall–Kier alpha value is -1.95. The van der Waals surface area contributed by atoms with Crippen LogP contribution >= 0.6 is 15.9 Å². The van der Waals surface area contributed by atoms with E-state index in [2.05, 4.69) is 62.4 Å². The van der Waals surface area contributed by atoms with Gasteiger partial charge in [-0.25, -0.2) is 0 Å². The Morgan fingerprint density at radius 1 is 1.26 bits per heavy atom. The number of hydrogen-bond donors (Lipinski definition) is 0. The quantitative estimate of drug-likeness (QED) is 0.695. The van der Waals surface area contributed by atoms with E-state index < -0.39 is 0 Å². The molecule has 0 radical (unpaired) electrons. The first-order valence-corrected chi connectivity index (χ1v) is 8.46. The molecule has 4 rings (SSSR count). The third-order valence-corrected chi connectivity index (χ3v) is 5.21. The largest absolute Gasteiger partial charge is 0.334 e. The normalized spacial score (nSPS) is 17.2. The molecule has 0 unspecified atom stereocenters. The van der Waals surface area contributed by atoms with Gasteiger partial charge in [-0.1, -0.05) is 33.2 Å². The lowest BCUT2D eigenvalue weighted by atomic mass is 9.77. The van der Waals surface area contributed by atoms with Crippen LogP contribution in [0.5, 0.6) is 0 Å². The second-order valence-electron chi connectivity index (χ2n) is 6.31. The summed E-state index contributed by atoms with van der Waals surface area (Å²) in [6.07, 6.45) is 6.02. The van der Waals surface area contributed by atoms with Crippen LogP contribution in [-0.2, 0) is 12.5 Å². The summed E-state index contributed by atoms with van der Waals surface area (Å²) >= 11 is 3.50. The number of aromatic nitrogens is 4. The predicted octanol–water partition coefficient (Wildman–Crippen LogP) is 3.95. The minimum Gasteiger partial charge on any atom is -0.334 e. The van der Waals surface area contributed by atoms with Crippen LogP contribution in [0.1, 0.15) is 31.2 Å². The summed E-state index contributed by atoms with van der Waals surface area (Å²) in [5.41, 5.74) is 1.85. The van der Waals surface area contributed by atoms with Gasteiger partial charge in [-0.2, -0.15) is 10.1 Å². The van der Waals surface area contributed by atoms with Crippen LogP contribution in [0, 0.1) is 5.92 Å². The van der Waals surface area contributed by atoms with Gasteiger partial charge in [-0.15, -0.1) is 0 Å². The van der Waals surface area contributed by atoms with Crippen molar-refractivity contribution in [3.63, 3.8) is 0 Å². The van der Waals surface area contributed by atoms with E-state index in [9.17, 15) is 0 Å². The Morgan fingerprint density at radius 2 is 2.00 bits per heavy atom. The third-order valence-electron chi connectivity index (χ3n) is 4.68. The first-order chi connectivity index (χ1) is 11.1. The first-order valence-electron chi connectivity index (χ1n) is 7.66. The molecule has 23 heavy (non-hydrogen) atoms. The molecule has 0 spiro atoms. The van der Waals surface area contributed by atoms with Crippen LogP contribution < -0.4 is 0 Å². The highest BCUT2D eigenvalue weighted by molar-refractivity contribution is 9.10. The van der Waals surface area contributed by atoms with E-state index in [0.29, 0.717) is 11.8 Å². The maximum Gasteiger partial charge on any atom is 0.261 e. The minimum atomic E-state index is -0.218. The van der Waals surface area contributed by atoms with Crippen molar-refractivity contribution in [1.29, 1.82) is 0 Å². The molecular formula is C17H17BrN4O. The number of benzene rings is 1. The van der Waals surface area contributed by atoms with Crippen molar-refractivity contribution < 1.29 is 4.52 Å². The molecule has 6 heteroatoms. The van der Waals surface area contributed by atoms with Crippen LogP contribution in [0.25, 0.3) is 11.5 Å². The summed E-state index contributed by atoms with van der Waals surface area (Å²) in [5.74, 6) is 1.83. The van der Waals surface area contributed by atoms with Crippen LogP contribution in [0.3, 0.4) is 0 Å². The Balaban J connectivity index is 1.76. The number of rotatable bonds is 4. The van der Waals surface area contributed by atoms with Gasteiger partial charge in [-0.05, 0) is 43.4 Å². The van der Waals surface area contributed by atoms with Crippen LogP contribution in [0.2, 0.25) is 0 Å². The van der Waals surface area contributed by atoms with Crippen molar-refractivity contribution >= 4 is 15.9 Å². The van der Waals surface area contributed by atoms with E-state index >= 15 is 0 Å². The predicted molar refractivity (Wildman–Crippen MR) is 89.8 cm³/mol. The van der Waals surface area contributed by atoms with E-state index in [4.69, 9.17) is 4.52 Å². The molecule has 1 aliphatic carbocycles.